The van der Waals surface area contributed by atoms with Crippen LogP contribution in [0.2, 0.25) is 5.02 Å². The summed E-state index contributed by atoms with van der Waals surface area (Å²) in [7, 11) is 0. The Labute approximate surface area is 176 Å². The fourth-order valence-corrected chi connectivity index (χ4v) is 3.58. The maximum absolute atomic E-state index is 13.0. The minimum atomic E-state index is -0.0692. The lowest BCUT2D eigenvalue weighted by Gasteiger charge is -2.36. The molecule has 0 aliphatic carbocycles. The molecule has 1 heterocycles. The van der Waals surface area contributed by atoms with Gasteiger partial charge in [-0.15, -0.1) is 0 Å². The summed E-state index contributed by atoms with van der Waals surface area (Å²) in [6.07, 6.45) is 0.855. The standard InChI is InChI=1S/C22H27ClN2O4/c1-3-13-29-21-19(23)14-16(15-20(21)28-4-2)22(27)25-11-9-24(10-12-25)17-5-7-18(26)8-6-17/h5-8,14-15,26H,3-4,9-13H2,1-2H3. The number of phenols is 1. The summed E-state index contributed by atoms with van der Waals surface area (Å²) in [5, 5.41) is 9.83. The third-order valence-corrected chi connectivity index (χ3v) is 5.07. The molecule has 0 unspecified atom stereocenters. The van der Waals surface area contributed by atoms with Crippen molar-refractivity contribution in [1.82, 2.24) is 4.90 Å². The topological polar surface area (TPSA) is 62.2 Å². The Kier molecular flexibility index (Phi) is 7.09. The number of amides is 1. The van der Waals surface area contributed by atoms with Crippen LogP contribution in [-0.2, 0) is 0 Å². The molecule has 29 heavy (non-hydrogen) atoms. The van der Waals surface area contributed by atoms with E-state index in [1.165, 1.54) is 0 Å². The van der Waals surface area contributed by atoms with E-state index in [9.17, 15) is 9.90 Å². The van der Waals surface area contributed by atoms with Crippen molar-refractivity contribution in [3.05, 3.63) is 47.0 Å². The van der Waals surface area contributed by atoms with Crippen LogP contribution in [0.25, 0.3) is 0 Å². The highest BCUT2D eigenvalue weighted by atomic mass is 35.5. The van der Waals surface area contributed by atoms with E-state index in [1.54, 1.807) is 24.3 Å². The van der Waals surface area contributed by atoms with Gasteiger partial charge in [-0.2, -0.15) is 0 Å². The zero-order chi connectivity index (χ0) is 20.8. The monoisotopic (exact) mass is 418 g/mol. The van der Waals surface area contributed by atoms with Crippen LogP contribution in [0.4, 0.5) is 5.69 Å². The summed E-state index contributed by atoms with van der Waals surface area (Å²) < 4.78 is 11.4. The highest BCUT2D eigenvalue weighted by Crippen LogP contribution is 2.37. The highest BCUT2D eigenvalue weighted by Gasteiger charge is 2.24. The summed E-state index contributed by atoms with van der Waals surface area (Å²) >= 11 is 6.40. The molecule has 2 aromatic carbocycles. The Morgan fingerprint density at radius 1 is 1.07 bits per heavy atom. The molecule has 0 spiro atoms. The van der Waals surface area contributed by atoms with E-state index in [4.69, 9.17) is 21.1 Å². The van der Waals surface area contributed by atoms with Crippen LogP contribution >= 0.6 is 11.6 Å². The Morgan fingerprint density at radius 2 is 1.76 bits per heavy atom. The number of hydrogen-bond donors (Lipinski definition) is 1. The predicted octanol–water partition coefficient (Wildman–Crippen LogP) is 4.20. The molecule has 0 atom stereocenters. The van der Waals surface area contributed by atoms with E-state index in [1.807, 2.05) is 30.9 Å². The van der Waals surface area contributed by atoms with Crippen molar-refractivity contribution >= 4 is 23.2 Å². The van der Waals surface area contributed by atoms with E-state index in [-0.39, 0.29) is 11.7 Å². The van der Waals surface area contributed by atoms with Crippen LogP contribution in [0.5, 0.6) is 17.2 Å². The van der Waals surface area contributed by atoms with Gasteiger partial charge in [0.15, 0.2) is 11.5 Å². The molecule has 2 aromatic rings. The third kappa shape index (κ3) is 5.07. The number of phenolic OH excluding ortho intramolecular Hbond substituents is 1. The van der Waals surface area contributed by atoms with E-state index < -0.39 is 0 Å². The van der Waals surface area contributed by atoms with Gasteiger partial charge in [-0.1, -0.05) is 18.5 Å². The first-order valence-corrected chi connectivity index (χ1v) is 10.3. The number of ether oxygens (including phenoxy) is 2. The van der Waals surface area contributed by atoms with Crippen LogP contribution in [0, 0.1) is 0 Å². The minimum Gasteiger partial charge on any atom is -0.508 e. The average molecular weight is 419 g/mol. The van der Waals surface area contributed by atoms with Gasteiger partial charge in [-0.3, -0.25) is 4.79 Å². The third-order valence-electron chi connectivity index (χ3n) is 4.79. The zero-order valence-electron chi connectivity index (χ0n) is 16.9. The molecule has 1 fully saturated rings. The molecular weight excluding hydrogens is 392 g/mol. The molecule has 1 N–H and O–H groups in total. The van der Waals surface area contributed by atoms with Gasteiger partial charge in [0.2, 0.25) is 0 Å². The summed E-state index contributed by atoms with van der Waals surface area (Å²) in [6.45, 7) is 7.55. The first-order valence-electron chi connectivity index (χ1n) is 9.95. The number of piperazine rings is 1. The summed E-state index contributed by atoms with van der Waals surface area (Å²) in [5.41, 5.74) is 1.54. The van der Waals surface area contributed by atoms with Gasteiger partial charge in [-0.25, -0.2) is 0 Å². The molecule has 1 amide bonds. The maximum Gasteiger partial charge on any atom is 0.254 e. The SMILES string of the molecule is CCCOc1c(Cl)cc(C(=O)N2CCN(c3ccc(O)cc3)CC2)cc1OCC. The molecule has 0 bridgehead atoms. The Morgan fingerprint density at radius 3 is 2.38 bits per heavy atom. The molecule has 0 radical (unpaired) electrons. The van der Waals surface area contributed by atoms with Gasteiger partial charge < -0.3 is 24.4 Å². The lowest BCUT2D eigenvalue weighted by Crippen LogP contribution is -2.48. The van der Waals surface area contributed by atoms with E-state index >= 15 is 0 Å². The van der Waals surface area contributed by atoms with Gasteiger partial charge in [0.25, 0.3) is 5.91 Å². The van der Waals surface area contributed by atoms with Crippen molar-refractivity contribution in [2.75, 3.05) is 44.3 Å². The number of aromatic hydroxyl groups is 1. The molecule has 1 saturated heterocycles. The molecule has 6 nitrogen and oxygen atoms in total. The fraction of sp³-hybridized carbons (Fsp3) is 0.409. The van der Waals surface area contributed by atoms with Gasteiger partial charge in [0.1, 0.15) is 5.75 Å². The van der Waals surface area contributed by atoms with Crippen molar-refractivity contribution in [2.45, 2.75) is 20.3 Å². The molecule has 0 saturated carbocycles. The maximum atomic E-state index is 13.0. The second-order valence-electron chi connectivity index (χ2n) is 6.86. The summed E-state index contributed by atoms with van der Waals surface area (Å²) in [4.78, 5) is 17.1. The Hall–Kier alpha value is -2.60. The fourth-order valence-electron chi connectivity index (χ4n) is 3.31. The van der Waals surface area contributed by atoms with Crippen LogP contribution in [0.15, 0.2) is 36.4 Å². The second kappa shape index (κ2) is 9.74. The van der Waals surface area contributed by atoms with Gasteiger partial charge >= 0.3 is 0 Å². The number of hydrogen-bond acceptors (Lipinski definition) is 5. The first-order chi connectivity index (χ1) is 14.0. The quantitative estimate of drug-likeness (QED) is 0.730. The van der Waals surface area contributed by atoms with E-state index in [2.05, 4.69) is 4.90 Å². The van der Waals surface area contributed by atoms with Crippen LogP contribution < -0.4 is 14.4 Å². The average Bonchev–Trinajstić information content (AvgIpc) is 2.73. The minimum absolute atomic E-state index is 0.0692. The van der Waals surface area contributed by atoms with E-state index in [0.29, 0.717) is 48.4 Å². The number of carbonyl (C=O) groups is 1. The van der Waals surface area contributed by atoms with Gasteiger partial charge in [0, 0.05) is 37.4 Å². The molecule has 3 rings (SSSR count). The van der Waals surface area contributed by atoms with Crippen LogP contribution in [0.1, 0.15) is 30.6 Å². The molecular formula is C22H27ClN2O4. The normalized spacial score (nSPS) is 14.0. The van der Waals surface area contributed by atoms with Crippen molar-refractivity contribution in [3.8, 4) is 17.2 Å². The number of halogens is 1. The lowest BCUT2D eigenvalue weighted by atomic mass is 10.1. The summed E-state index contributed by atoms with van der Waals surface area (Å²) in [6, 6.07) is 10.5. The lowest BCUT2D eigenvalue weighted by molar-refractivity contribution is 0.0746. The first kappa shape index (κ1) is 21.1. The Balaban J connectivity index is 1.71. The Bertz CT molecular complexity index is 833. The van der Waals surface area contributed by atoms with Crippen molar-refractivity contribution < 1.29 is 19.4 Å². The molecule has 7 heteroatoms. The molecule has 156 valence electrons. The largest absolute Gasteiger partial charge is 0.508 e. The zero-order valence-corrected chi connectivity index (χ0v) is 17.6. The van der Waals surface area contributed by atoms with Crippen molar-refractivity contribution in [3.63, 3.8) is 0 Å². The summed E-state index contributed by atoms with van der Waals surface area (Å²) in [5.74, 6) is 1.17. The van der Waals surface area contributed by atoms with Gasteiger partial charge in [0.05, 0.1) is 18.2 Å². The van der Waals surface area contributed by atoms with Crippen LogP contribution in [0.3, 0.4) is 0 Å². The van der Waals surface area contributed by atoms with E-state index in [0.717, 1.165) is 25.2 Å². The number of anilines is 1. The smallest absolute Gasteiger partial charge is 0.254 e. The van der Waals surface area contributed by atoms with Crippen LogP contribution in [-0.4, -0.2) is 55.3 Å². The molecule has 1 aliphatic rings. The number of carbonyl (C=O) groups excluding carboxylic acids is 1. The number of nitrogens with zero attached hydrogens (tertiary/aromatic N) is 2. The van der Waals surface area contributed by atoms with Crippen molar-refractivity contribution in [2.24, 2.45) is 0 Å². The second-order valence-corrected chi connectivity index (χ2v) is 7.27. The number of rotatable bonds is 7. The predicted molar refractivity (Wildman–Crippen MR) is 115 cm³/mol. The number of benzene rings is 2. The van der Waals surface area contributed by atoms with Gasteiger partial charge in [-0.05, 0) is 49.7 Å². The van der Waals surface area contributed by atoms with Crippen molar-refractivity contribution in [1.29, 1.82) is 0 Å². The molecule has 0 aromatic heterocycles. The highest BCUT2D eigenvalue weighted by molar-refractivity contribution is 6.32. The molecule has 1 aliphatic heterocycles.